The molecule has 21 heavy (non-hydrogen) atoms. The molecule has 0 saturated carbocycles. The molecule has 3 rings (SSSR count). The summed E-state index contributed by atoms with van der Waals surface area (Å²) in [4.78, 5) is 2.53. The summed E-state index contributed by atoms with van der Waals surface area (Å²) in [6.07, 6.45) is 6.73. The summed E-state index contributed by atoms with van der Waals surface area (Å²) in [5.74, 6) is 0. The molecule has 1 aliphatic heterocycles. The van der Waals surface area contributed by atoms with E-state index in [4.69, 9.17) is 0 Å². The average Bonchev–Trinajstić information content (AvgIpc) is 3.17. The number of aryl methyl sites for hydroxylation is 1. The molecule has 1 saturated heterocycles. The van der Waals surface area contributed by atoms with E-state index in [2.05, 4.69) is 52.7 Å². The van der Waals surface area contributed by atoms with E-state index in [9.17, 15) is 0 Å². The third-order valence-electron chi connectivity index (χ3n) is 4.04. The minimum absolute atomic E-state index is 0.827. The van der Waals surface area contributed by atoms with Crippen LogP contribution in [0.1, 0.15) is 30.9 Å². The Labute approximate surface area is 126 Å². The lowest BCUT2D eigenvalue weighted by Gasteiger charge is -2.15. The highest BCUT2D eigenvalue weighted by Crippen LogP contribution is 2.16. The van der Waals surface area contributed by atoms with Crippen molar-refractivity contribution >= 4 is 5.69 Å². The van der Waals surface area contributed by atoms with Gasteiger partial charge in [0.2, 0.25) is 0 Å². The van der Waals surface area contributed by atoms with Gasteiger partial charge in [0.05, 0.1) is 6.20 Å². The number of aromatic nitrogens is 2. The zero-order chi connectivity index (χ0) is 14.5. The maximum absolute atomic E-state index is 4.30. The summed E-state index contributed by atoms with van der Waals surface area (Å²) in [5.41, 5.74) is 3.81. The highest BCUT2D eigenvalue weighted by Gasteiger charge is 2.11. The lowest BCUT2D eigenvalue weighted by Crippen LogP contribution is -2.18. The third kappa shape index (κ3) is 3.85. The monoisotopic (exact) mass is 284 g/mol. The molecule has 112 valence electrons. The second-order valence-corrected chi connectivity index (χ2v) is 5.74. The van der Waals surface area contributed by atoms with E-state index in [1.807, 2.05) is 10.9 Å². The molecule has 1 N–H and O–H groups in total. The van der Waals surface area contributed by atoms with E-state index in [1.165, 1.54) is 42.7 Å². The summed E-state index contributed by atoms with van der Waals surface area (Å²) >= 11 is 0. The molecule has 4 heteroatoms. The largest absolute Gasteiger partial charge is 0.381 e. The summed E-state index contributed by atoms with van der Waals surface area (Å²) in [6.45, 7) is 7.41. The maximum atomic E-state index is 4.30. The molecule has 1 aliphatic rings. The van der Waals surface area contributed by atoms with Gasteiger partial charge in [0.25, 0.3) is 0 Å². The molecule has 2 aromatic rings. The molecule has 0 radical (unpaired) electrons. The van der Waals surface area contributed by atoms with Crippen molar-refractivity contribution in [2.24, 2.45) is 0 Å². The second-order valence-electron chi connectivity index (χ2n) is 5.74. The standard InChI is InChI=1S/C17H24N4/c1-2-21-14-16(12-19-21)11-18-17-7-5-6-15(10-17)13-20-8-3-4-9-20/h5-7,10,12,14,18H,2-4,8-9,11,13H2,1H3. The smallest absolute Gasteiger partial charge is 0.0539 e. The Hall–Kier alpha value is -1.81. The van der Waals surface area contributed by atoms with Crippen LogP contribution in [-0.4, -0.2) is 27.8 Å². The normalized spacial score (nSPS) is 15.5. The van der Waals surface area contributed by atoms with Gasteiger partial charge in [0.15, 0.2) is 0 Å². The number of anilines is 1. The summed E-state index contributed by atoms with van der Waals surface area (Å²) < 4.78 is 1.96. The molecule has 0 atom stereocenters. The molecule has 0 spiro atoms. The molecule has 1 aromatic heterocycles. The third-order valence-corrected chi connectivity index (χ3v) is 4.04. The van der Waals surface area contributed by atoms with Crippen LogP contribution in [0, 0.1) is 0 Å². The van der Waals surface area contributed by atoms with E-state index >= 15 is 0 Å². The quantitative estimate of drug-likeness (QED) is 0.885. The lowest BCUT2D eigenvalue weighted by molar-refractivity contribution is 0.331. The fourth-order valence-electron chi connectivity index (χ4n) is 2.85. The Bertz CT molecular complexity index is 570. The van der Waals surface area contributed by atoms with Crippen LogP contribution in [0.15, 0.2) is 36.7 Å². The van der Waals surface area contributed by atoms with Crippen LogP contribution < -0.4 is 5.32 Å². The van der Waals surface area contributed by atoms with E-state index in [1.54, 1.807) is 0 Å². The van der Waals surface area contributed by atoms with Gasteiger partial charge < -0.3 is 5.32 Å². The van der Waals surface area contributed by atoms with Crippen LogP contribution in [-0.2, 0) is 19.6 Å². The molecular weight excluding hydrogens is 260 g/mol. The van der Waals surface area contributed by atoms with Crippen molar-refractivity contribution in [2.75, 3.05) is 18.4 Å². The van der Waals surface area contributed by atoms with Crippen molar-refractivity contribution in [1.29, 1.82) is 0 Å². The fraction of sp³-hybridized carbons (Fsp3) is 0.471. The van der Waals surface area contributed by atoms with E-state index in [0.29, 0.717) is 0 Å². The van der Waals surface area contributed by atoms with Gasteiger partial charge in [-0.15, -0.1) is 0 Å². The topological polar surface area (TPSA) is 33.1 Å². The molecule has 1 aromatic carbocycles. The van der Waals surface area contributed by atoms with Gasteiger partial charge in [-0.1, -0.05) is 12.1 Å². The highest BCUT2D eigenvalue weighted by atomic mass is 15.3. The minimum atomic E-state index is 0.827. The zero-order valence-electron chi connectivity index (χ0n) is 12.8. The average molecular weight is 284 g/mol. The Morgan fingerprint density at radius 1 is 1.19 bits per heavy atom. The van der Waals surface area contributed by atoms with E-state index in [-0.39, 0.29) is 0 Å². The Kier molecular flexibility index (Phi) is 4.55. The molecular formula is C17H24N4. The highest BCUT2D eigenvalue weighted by molar-refractivity contribution is 5.46. The van der Waals surface area contributed by atoms with Crippen molar-refractivity contribution in [3.8, 4) is 0 Å². The number of hydrogen-bond acceptors (Lipinski definition) is 3. The van der Waals surface area contributed by atoms with Gasteiger partial charge >= 0.3 is 0 Å². The summed E-state index contributed by atoms with van der Waals surface area (Å²) in [5, 5.41) is 7.79. The number of nitrogens with one attached hydrogen (secondary N) is 1. The van der Waals surface area contributed by atoms with Crippen LogP contribution in [0.25, 0.3) is 0 Å². The predicted octanol–water partition coefficient (Wildman–Crippen LogP) is 3.11. The lowest BCUT2D eigenvalue weighted by atomic mass is 10.2. The predicted molar refractivity (Wildman–Crippen MR) is 86.2 cm³/mol. The Balaban J connectivity index is 1.57. The maximum Gasteiger partial charge on any atom is 0.0539 e. The number of rotatable bonds is 6. The fourth-order valence-corrected chi connectivity index (χ4v) is 2.85. The van der Waals surface area contributed by atoms with Crippen LogP contribution in [0.5, 0.6) is 0 Å². The first-order valence-electron chi connectivity index (χ1n) is 7.90. The Morgan fingerprint density at radius 2 is 2.05 bits per heavy atom. The summed E-state index contributed by atoms with van der Waals surface area (Å²) in [6, 6.07) is 8.77. The van der Waals surface area contributed by atoms with Crippen LogP contribution in [0.2, 0.25) is 0 Å². The number of nitrogens with zero attached hydrogens (tertiary/aromatic N) is 3. The Morgan fingerprint density at radius 3 is 2.81 bits per heavy atom. The molecule has 0 amide bonds. The number of hydrogen-bond donors (Lipinski definition) is 1. The van der Waals surface area contributed by atoms with Crippen LogP contribution >= 0.6 is 0 Å². The van der Waals surface area contributed by atoms with Crippen molar-refractivity contribution in [3.63, 3.8) is 0 Å². The van der Waals surface area contributed by atoms with Crippen molar-refractivity contribution < 1.29 is 0 Å². The zero-order valence-corrected chi connectivity index (χ0v) is 12.8. The first-order chi connectivity index (χ1) is 10.3. The SMILES string of the molecule is CCn1cc(CNc2cccc(CN3CCCC3)c2)cn1. The minimum Gasteiger partial charge on any atom is -0.381 e. The van der Waals surface area contributed by atoms with Crippen LogP contribution in [0.4, 0.5) is 5.69 Å². The molecule has 0 bridgehead atoms. The number of likely N-dealkylation sites (tertiary alicyclic amines) is 1. The van der Waals surface area contributed by atoms with E-state index in [0.717, 1.165) is 19.6 Å². The molecule has 4 nitrogen and oxygen atoms in total. The van der Waals surface area contributed by atoms with Crippen molar-refractivity contribution in [1.82, 2.24) is 14.7 Å². The van der Waals surface area contributed by atoms with E-state index < -0.39 is 0 Å². The van der Waals surface area contributed by atoms with Gasteiger partial charge in [0.1, 0.15) is 0 Å². The summed E-state index contributed by atoms with van der Waals surface area (Å²) in [7, 11) is 0. The van der Waals surface area contributed by atoms with Gasteiger partial charge in [-0.25, -0.2) is 0 Å². The molecule has 2 heterocycles. The number of benzene rings is 1. The molecule has 0 aliphatic carbocycles. The van der Waals surface area contributed by atoms with Gasteiger partial charge in [-0.3, -0.25) is 9.58 Å². The molecule has 0 unspecified atom stereocenters. The molecule has 1 fully saturated rings. The van der Waals surface area contributed by atoms with Crippen molar-refractivity contribution in [2.45, 2.75) is 39.4 Å². The van der Waals surface area contributed by atoms with Crippen molar-refractivity contribution in [3.05, 3.63) is 47.8 Å². The van der Waals surface area contributed by atoms with Gasteiger partial charge in [0, 0.05) is 37.1 Å². The second kappa shape index (κ2) is 6.76. The van der Waals surface area contributed by atoms with Crippen LogP contribution in [0.3, 0.4) is 0 Å². The first-order valence-corrected chi connectivity index (χ1v) is 7.90. The van der Waals surface area contributed by atoms with Gasteiger partial charge in [-0.2, -0.15) is 5.10 Å². The van der Waals surface area contributed by atoms with Gasteiger partial charge in [-0.05, 0) is 50.6 Å². The first kappa shape index (κ1) is 14.1.